The van der Waals surface area contributed by atoms with Gasteiger partial charge in [0.15, 0.2) is 24.8 Å². The average Bonchev–Trinajstić information content (AvgIpc) is 4.17. The van der Waals surface area contributed by atoms with Crippen LogP contribution in [0.3, 0.4) is 0 Å². The van der Waals surface area contributed by atoms with Gasteiger partial charge in [-0.15, -0.1) is 0 Å². The summed E-state index contributed by atoms with van der Waals surface area (Å²) in [5.41, 5.74) is 19.3. The van der Waals surface area contributed by atoms with Crippen LogP contribution in [0.2, 0.25) is 0 Å². The van der Waals surface area contributed by atoms with Crippen molar-refractivity contribution in [3.63, 3.8) is 0 Å². The van der Waals surface area contributed by atoms with E-state index in [0.717, 1.165) is 95.0 Å². The van der Waals surface area contributed by atoms with Gasteiger partial charge in [0.1, 0.15) is 7.05 Å². The monoisotopic (exact) mass is 784 g/mol. The molecule has 0 radical (unpaired) electrons. The molecule has 6 heteroatoms. The van der Waals surface area contributed by atoms with Crippen LogP contribution in [0.25, 0.3) is 108 Å². The van der Waals surface area contributed by atoms with Crippen LogP contribution in [0.4, 0.5) is 0 Å². The van der Waals surface area contributed by atoms with Crippen molar-refractivity contribution < 1.29 is 9.13 Å². The zero-order chi connectivity index (χ0) is 40.7. The van der Waals surface area contributed by atoms with Crippen molar-refractivity contribution in [2.45, 2.75) is 0 Å². The summed E-state index contributed by atoms with van der Waals surface area (Å²) in [5.74, 6) is 0. The number of hydrogen-bond donors (Lipinski definition) is 2. The van der Waals surface area contributed by atoms with Gasteiger partial charge in [0.05, 0.1) is 22.8 Å². The van der Waals surface area contributed by atoms with Crippen molar-refractivity contribution in [1.29, 1.82) is 0 Å². The summed E-state index contributed by atoms with van der Waals surface area (Å²) in [7, 11) is 2.03. The first-order chi connectivity index (χ1) is 30.1. The molecule has 6 nitrogen and oxygen atoms in total. The molecule has 0 saturated carbocycles. The highest BCUT2D eigenvalue weighted by atomic mass is 14.9. The highest BCUT2D eigenvalue weighted by Gasteiger charge is 2.20. The number of fused-ring (bicyclic) bond motifs is 8. The number of nitrogens with one attached hydrogen (secondary N) is 2. The van der Waals surface area contributed by atoms with Crippen LogP contribution in [0.15, 0.2) is 189 Å². The van der Waals surface area contributed by atoms with E-state index >= 15 is 0 Å². The molecule has 2 aliphatic heterocycles. The van der Waals surface area contributed by atoms with Gasteiger partial charge in [-0.25, -0.2) is 14.5 Å². The third-order valence-electron chi connectivity index (χ3n) is 11.5. The van der Waals surface area contributed by atoms with E-state index in [0.29, 0.717) is 0 Å². The number of nitrogens with zero attached hydrogens (tertiary/aromatic N) is 4. The van der Waals surface area contributed by atoms with Gasteiger partial charge in [0.25, 0.3) is 0 Å². The Labute approximate surface area is 353 Å². The Morgan fingerprint density at radius 1 is 0.328 bits per heavy atom. The van der Waals surface area contributed by atoms with Gasteiger partial charge in [0, 0.05) is 80.7 Å². The molecule has 2 N–H and O–H groups in total. The molecule has 0 aliphatic carbocycles. The molecule has 8 bridgehead atoms. The molecule has 0 unspecified atom stereocenters. The lowest BCUT2D eigenvalue weighted by molar-refractivity contribution is -0.671. The van der Waals surface area contributed by atoms with E-state index < -0.39 is 0 Å². The number of H-pyrrole nitrogens is 2. The fourth-order valence-corrected chi connectivity index (χ4v) is 8.52. The summed E-state index contributed by atoms with van der Waals surface area (Å²) in [6, 6.07) is 57.6. The normalized spacial score (nSPS) is 11.9. The molecule has 7 heterocycles. The summed E-state index contributed by atoms with van der Waals surface area (Å²) < 4.78 is 4.19. The summed E-state index contributed by atoms with van der Waals surface area (Å²) in [4.78, 5) is 18.6. The molecule has 288 valence electrons. The van der Waals surface area contributed by atoms with Crippen LogP contribution in [-0.4, -0.2) is 19.9 Å². The molecule has 2 aliphatic rings. The lowest BCUT2D eigenvalue weighted by atomic mass is 10.0. The standard InChI is InChI=1S/C55H38N6/c1-60-33-29-37(30-34-60)38-31-35-61(36-32-38)43-19-17-42(18-20-43)55-50-27-25-48(58-50)53(40-13-7-3-8-14-40)46-23-21-44(56-46)52(39-11-5-2-6-12-39)45-22-24-47(57-45)54(41-15-9-4-10-16-41)49-26-28-51(55)59-49/h2-36H,1H3/p+2. The maximum absolute atomic E-state index is 5.45. The maximum Gasteiger partial charge on any atom is 0.210 e. The van der Waals surface area contributed by atoms with E-state index in [-0.39, 0.29) is 0 Å². The van der Waals surface area contributed by atoms with Crippen LogP contribution < -0.4 is 9.13 Å². The summed E-state index contributed by atoms with van der Waals surface area (Å²) in [6.07, 6.45) is 16.9. The number of benzene rings is 4. The summed E-state index contributed by atoms with van der Waals surface area (Å²) >= 11 is 0. The van der Waals surface area contributed by atoms with Crippen LogP contribution in [-0.2, 0) is 7.05 Å². The average molecular weight is 785 g/mol. The number of pyridine rings is 2. The third kappa shape index (κ3) is 6.76. The van der Waals surface area contributed by atoms with E-state index in [9.17, 15) is 0 Å². The molecule has 0 fully saturated rings. The zero-order valence-corrected chi connectivity index (χ0v) is 33.5. The van der Waals surface area contributed by atoms with Crippen LogP contribution in [0, 0.1) is 0 Å². The molecule has 4 aromatic carbocycles. The molecule has 5 aromatic heterocycles. The molecule has 0 saturated heterocycles. The van der Waals surface area contributed by atoms with Crippen LogP contribution >= 0.6 is 0 Å². The van der Waals surface area contributed by atoms with E-state index in [2.05, 4.69) is 227 Å². The fraction of sp³-hybridized carbons (Fsp3) is 0.0182. The molecule has 0 amide bonds. The molecule has 9 aromatic rings. The Kier molecular flexibility index (Phi) is 8.94. The Morgan fingerprint density at radius 2 is 0.689 bits per heavy atom. The molecule has 0 spiro atoms. The first kappa shape index (κ1) is 35.9. The summed E-state index contributed by atoms with van der Waals surface area (Å²) in [5, 5.41) is 0. The topological polar surface area (TPSA) is 65.1 Å². The van der Waals surface area contributed by atoms with Crippen molar-refractivity contribution in [2.75, 3.05) is 0 Å². The fourth-order valence-electron chi connectivity index (χ4n) is 8.52. The smallest absolute Gasteiger partial charge is 0.210 e. The minimum atomic E-state index is 0.855. The second kappa shape index (κ2) is 15.2. The van der Waals surface area contributed by atoms with Gasteiger partial charge in [-0.1, -0.05) is 91.0 Å². The maximum atomic E-state index is 5.45. The molecular weight excluding hydrogens is 745 g/mol. The van der Waals surface area contributed by atoms with Gasteiger partial charge in [-0.2, -0.15) is 4.57 Å². The first-order valence-electron chi connectivity index (χ1n) is 20.5. The van der Waals surface area contributed by atoms with Gasteiger partial charge < -0.3 is 9.97 Å². The first-order valence-corrected chi connectivity index (χ1v) is 20.5. The number of hydrogen-bond acceptors (Lipinski definition) is 2. The van der Waals surface area contributed by atoms with E-state index in [1.807, 2.05) is 11.6 Å². The lowest BCUT2D eigenvalue weighted by Gasteiger charge is -2.07. The van der Waals surface area contributed by atoms with E-state index in [4.69, 9.17) is 9.97 Å². The second-order valence-electron chi connectivity index (χ2n) is 15.4. The quantitative estimate of drug-likeness (QED) is 0.165. The Morgan fingerprint density at radius 3 is 1.13 bits per heavy atom. The van der Waals surface area contributed by atoms with Gasteiger partial charge >= 0.3 is 0 Å². The van der Waals surface area contributed by atoms with Crippen LogP contribution in [0.5, 0.6) is 0 Å². The van der Waals surface area contributed by atoms with Crippen LogP contribution in [0.1, 0.15) is 22.8 Å². The van der Waals surface area contributed by atoms with Crippen molar-refractivity contribution in [3.05, 3.63) is 211 Å². The molecule has 11 rings (SSSR count). The highest BCUT2D eigenvalue weighted by molar-refractivity contribution is 6.00. The van der Waals surface area contributed by atoms with Gasteiger partial charge in [-0.3, -0.25) is 0 Å². The predicted octanol–water partition coefficient (Wildman–Crippen LogP) is 12.1. The zero-order valence-electron chi connectivity index (χ0n) is 33.5. The lowest BCUT2D eigenvalue weighted by Crippen LogP contribution is -2.29. The minimum Gasteiger partial charge on any atom is -0.354 e. The number of rotatable bonds is 6. The predicted molar refractivity (Wildman–Crippen MR) is 249 cm³/mol. The van der Waals surface area contributed by atoms with Gasteiger partial charge in [0.2, 0.25) is 5.69 Å². The number of aromatic amines is 2. The third-order valence-corrected chi connectivity index (χ3v) is 11.5. The van der Waals surface area contributed by atoms with Crippen molar-refractivity contribution in [2.24, 2.45) is 7.05 Å². The Bertz CT molecular complexity index is 3170. The second-order valence-corrected chi connectivity index (χ2v) is 15.4. The van der Waals surface area contributed by atoms with Crippen molar-refractivity contribution >= 4 is 46.4 Å². The SMILES string of the molecule is C[n+]1ccc(-c2cc[n+](-c3ccc(-c4c5nc(c(-c6ccccc6)c6ccc([nH]6)c(-c6ccccc6)c6ccc([nH]6)c(-c6ccccc6)c6nc4C=C6)C=C5)cc3)cc2)cc1. The van der Waals surface area contributed by atoms with E-state index in [1.165, 1.54) is 11.1 Å². The number of aryl methyl sites for hydroxylation is 1. The largest absolute Gasteiger partial charge is 0.354 e. The summed E-state index contributed by atoms with van der Waals surface area (Å²) in [6.45, 7) is 0. The van der Waals surface area contributed by atoms with Gasteiger partial charge in [-0.05, 0) is 94.1 Å². The molecule has 0 atom stereocenters. The van der Waals surface area contributed by atoms with E-state index in [1.54, 1.807) is 0 Å². The van der Waals surface area contributed by atoms with Crippen molar-refractivity contribution in [3.8, 4) is 61.3 Å². The Hall–Kier alpha value is -8.22. The molecular formula is C55H40N6+2. The Balaban J connectivity index is 1.16. The molecule has 61 heavy (non-hydrogen) atoms. The minimum absolute atomic E-state index is 0.855. The number of aromatic nitrogens is 6. The highest BCUT2D eigenvalue weighted by Crippen LogP contribution is 2.38. The van der Waals surface area contributed by atoms with Crippen molar-refractivity contribution in [1.82, 2.24) is 19.9 Å².